The highest BCUT2D eigenvalue weighted by atomic mass is 14.2. The van der Waals surface area contributed by atoms with Gasteiger partial charge in [-0.2, -0.15) is 0 Å². The Morgan fingerprint density at radius 2 is 1.34 bits per heavy atom. The van der Waals surface area contributed by atoms with E-state index in [1.54, 1.807) is 0 Å². The van der Waals surface area contributed by atoms with Gasteiger partial charge in [0.1, 0.15) is 0 Å². The molecular weight excluding hydrogens is 348 g/mol. The summed E-state index contributed by atoms with van der Waals surface area (Å²) < 4.78 is 0. The van der Waals surface area contributed by atoms with Crippen molar-refractivity contribution in [3.8, 4) is 23.7 Å². The molecular formula is C29H26. The van der Waals surface area contributed by atoms with Crippen molar-refractivity contribution in [2.24, 2.45) is 0 Å². The molecule has 0 saturated carbocycles. The van der Waals surface area contributed by atoms with Crippen LogP contribution >= 0.6 is 0 Å². The number of hydrogen-bond donors (Lipinski definition) is 0. The van der Waals surface area contributed by atoms with E-state index in [9.17, 15) is 0 Å². The van der Waals surface area contributed by atoms with Gasteiger partial charge in [-0.3, -0.25) is 0 Å². The lowest BCUT2D eigenvalue weighted by atomic mass is 9.87. The lowest BCUT2D eigenvalue weighted by molar-refractivity contribution is 0.590. The zero-order valence-electron chi connectivity index (χ0n) is 17.6. The predicted octanol–water partition coefficient (Wildman–Crippen LogP) is 6.95. The highest BCUT2D eigenvalue weighted by Gasteiger charge is 2.12. The topological polar surface area (TPSA) is 0 Å². The van der Waals surface area contributed by atoms with Gasteiger partial charge in [0.25, 0.3) is 0 Å². The smallest absolute Gasteiger partial charge is 0.0330 e. The highest BCUT2D eigenvalue weighted by molar-refractivity contribution is 5.82. The maximum absolute atomic E-state index is 3.22. The molecule has 0 aliphatic carbocycles. The molecule has 0 aliphatic heterocycles. The van der Waals surface area contributed by atoms with E-state index in [1.165, 1.54) is 16.7 Å². The van der Waals surface area contributed by atoms with Crippen molar-refractivity contribution in [2.45, 2.75) is 33.1 Å². The van der Waals surface area contributed by atoms with E-state index in [0.717, 1.165) is 16.7 Å². The molecule has 0 nitrogen and oxygen atoms in total. The summed E-state index contributed by atoms with van der Waals surface area (Å²) in [7, 11) is 0. The number of hydrogen-bond acceptors (Lipinski definition) is 0. The fourth-order valence-electron chi connectivity index (χ4n) is 3.07. The summed E-state index contributed by atoms with van der Waals surface area (Å²) in [6, 6.07) is 27.0. The van der Waals surface area contributed by atoms with Gasteiger partial charge >= 0.3 is 0 Å². The minimum absolute atomic E-state index is 0.153. The maximum Gasteiger partial charge on any atom is 0.0330 e. The van der Waals surface area contributed by atoms with Crippen LogP contribution in [0.3, 0.4) is 0 Å². The molecule has 0 fully saturated rings. The third kappa shape index (κ3) is 5.75. The first-order chi connectivity index (χ1) is 13.9. The van der Waals surface area contributed by atoms with Crippen molar-refractivity contribution >= 4 is 11.6 Å². The van der Waals surface area contributed by atoms with Gasteiger partial charge in [-0.25, -0.2) is 0 Å². The summed E-state index contributed by atoms with van der Waals surface area (Å²) in [5, 5.41) is 0. The van der Waals surface area contributed by atoms with Crippen LogP contribution in [-0.4, -0.2) is 0 Å². The molecule has 0 unspecified atom stereocenters. The molecule has 0 radical (unpaired) electrons. The van der Waals surface area contributed by atoms with E-state index in [2.05, 4.69) is 112 Å². The SMILES string of the molecule is CC(=Cc1ccccc1)c1ccccc1C#CC#Cc1ccc(C(C)(C)C)cc1. The van der Waals surface area contributed by atoms with Crippen molar-refractivity contribution in [3.05, 3.63) is 107 Å². The standard InChI is InChI=1S/C29H26/c1-23(22-25-13-6-5-7-14-25)28-17-11-10-16-26(28)15-9-8-12-24-18-20-27(21-19-24)29(2,3)4/h5-7,10-11,13-14,16-22H,1-4H3. The van der Waals surface area contributed by atoms with Crippen LogP contribution in [0.2, 0.25) is 0 Å². The Hall–Kier alpha value is -3.48. The van der Waals surface area contributed by atoms with Crippen LogP contribution in [0, 0.1) is 23.7 Å². The quantitative estimate of drug-likeness (QED) is 0.336. The molecule has 0 heteroatoms. The second-order valence-electron chi connectivity index (χ2n) is 8.11. The molecule has 0 aromatic heterocycles. The lowest BCUT2D eigenvalue weighted by Crippen LogP contribution is -2.10. The van der Waals surface area contributed by atoms with Crippen LogP contribution in [0.1, 0.15) is 55.5 Å². The predicted molar refractivity (Wildman–Crippen MR) is 125 cm³/mol. The summed E-state index contributed by atoms with van der Waals surface area (Å²) >= 11 is 0. The number of allylic oxidation sites excluding steroid dienone is 1. The van der Waals surface area contributed by atoms with E-state index < -0.39 is 0 Å². The molecule has 0 atom stereocenters. The van der Waals surface area contributed by atoms with Gasteiger partial charge in [0.15, 0.2) is 0 Å². The molecule has 0 bridgehead atoms. The Morgan fingerprint density at radius 1 is 0.724 bits per heavy atom. The Labute approximate surface area is 175 Å². The Morgan fingerprint density at radius 3 is 2.03 bits per heavy atom. The van der Waals surface area contributed by atoms with Crippen LogP contribution in [0.15, 0.2) is 78.9 Å². The summed E-state index contributed by atoms with van der Waals surface area (Å²) in [4.78, 5) is 0. The molecule has 0 spiro atoms. The van der Waals surface area contributed by atoms with Crippen LogP contribution in [0.5, 0.6) is 0 Å². The molecule has 3 rings (SSSR count). The fraction of sp³-hybridized carbons (Fsp3) is 0.172. The summed E-state index contributed by atoms with van der Waals surface area (Å²) in [6.45, 7) is 8.76. The van der Waals surface area contributed by atoms with Crippen molar-refractivity contribution in [2.75, 3.05) is 0 Å². The van der Waals surface area contributed by atoms with Gasteiger partial charge in [0.05, 0.1) is 0 Å². The van der Waals surface area contributed by atoms with E-state index in [4.69, 9.17) is 0 Å². The van der Waals surface area contributed by atoms with Crippen LogP contribution in [0.4, 0.5) is 0 Å². The Kier molecular flexibility index (Phi) is 6.39. The van der Waals surface area contributed by atoms with E-state index in [-0.39, 0.29) is 5.41 Å². The normalized spacial score (nSPS) is 11.1. The van der Waals surface area contributed by atoms with Gasteiger partial charge < -0.3 is 0 Å². The molecule has 3 aromatic rings. The first-order valence-corrected chi connectivity index (χ1v) is 9.89. The number of rotatable bonds is 2. The zero-order chi connectivity index (χ0) is 20.7. The molecule has 0 heterocycles. The first-order valence-electron chi connectivity index (χ1n) is 9.89. The fourth-order valence-corrected chi connectivity index (χ4v) is 3.07. The zero-order valence-corrected chi connectivity index (χ0v) is 17.6. The number of benzene rings is 3. The van der Waals surface area contributed by atoms with Crippen LogP contribution < -0.4 is 0 Å². The van der Waals surface area contributed by atoms with E-state index in [0.29, 0.717) is 0 Å². The second-order valence-corrected chi connectivity index (χ2v) is 8.11. The Bertz CT molecular complexity index is 1110. The molecule has 0 aliphatic rings. The van der Waals surface area contributed by atoms with Crippen LogP contribution in [0.25, 0.3) is 11.6 Å². The van der Waals surface area contributed by atoms with Crippen molar-refractivity contribution in [1.29, 1.82) is 0 Å². The Balaban J connectivity index is 1.81. The van der Waals surface area contributed by atoms with Gasteiger partial charge in [-0.15, -0.1) is 0 Å². The third-order valence-electron chi connectivity index (χ3n) is 4.75. The minimum Gasteiger partial charge on any atom is -0.0622 e. The largest absolute Gasteiger partial charge is 0.0622 e. The maximum atomic E-state index is 3.22. The average Bonchev–Trinajstić information content (AvgIpc) is 2.72. The highest BCUT2D eigenvalue weighted by Crippen LogP contribution is 2.22. The minimum atomic E-state index is 0.153. The van der Waals surface area contributed by atoms with E-state index >= 15 is 0 Å². The van der Waals surface area contributed by atoms with Crippen LogP contribution in [-0.2, 0) is 5.41 Å². The van der Waals surface area contributed by atoms with Crippen molar-refractivity contribution in [1.82, 2.24) is 0 Å². The molecule has 3 aromatic carbocycles. The second kappa shape index (κ2) is 9.14. The monoisotopic (exact) mass is 374 g/mol. The first kappa shape index (κ1) is 20.3. The molecule has 0 amide bonds. The van der Waals surface area contributed by atoms with Gasteiger partial charge in [0.2, 0.25) is 0 Å². The summed E-state index contributed by atoms with van der Waals surface area (Å²) in [6.07, 6.45) is 2.18. The molecule has 0 N–H and O–H groups in total. The van der Waals surface area contributed by atoms with Crippen molar-refractivity contribution in [3.63, 3.8) is 0 Å². The average molecular weight is 375 g/mol. The summed E-state index contributed by atoms with van der Waals surface area (Å²) in [5.74, 6) is 12.4. The van der Waals surface area contributed by atoms with Gasteiger partial charge in [-0.05, 0) is 64.6 Å². The molecule has 0 saturated heterocycles. The molecule has 142 valence electrons. The van der Waals surface area contributed by atoms with Gasteiger partial charge in [-0.1, -0.05) is 99.4 Å². The molecule has 29 heavy (non-hydrogen) atoms. The summed E-state index contributed by atoms with van der Waals surface area (Å²) in [5.41, 5.74) is 6.96. The van der Waals surface area contributed by atoms with Crippen molar-refractivity contribution < 1.29 is 0 Å². The lowest BCUT2D eigenvalue weighted by Gasteiger charge is -2.18. The third-order valence-corrected chi connectivity index (χ3v) is 4.75. The van der Waals surface area contributed by atoms with E-state index in [1.807, 2.05) is 24.3 Å². The van der Waals surface area contributed by atoms with Gasteiger partial charge in [0, 0.05) is 11.1 Å².